The zero-order chi connectivity index (χ0) is 22.4. The summed E-state index contributed by atoms with van der Waals surface area (Å²) >= 11 is 0. The Bertz CT molecular complexity index is 753. The van der Waals surface area contributed by atoms with Crippen molar-refractivity contribution < 1.29 is 14.3 Å². The van der Waals surface area contributed by atoms with E-state index in [9.17, 15) is 9.59 Å². The van der Waals surface area contributed by atoms with Gasteiger partial charge >= 0.3 is 6.09 Å². The largest absolute Gasteiger partial charge is 0.444 e. The van der Waals surface area contributed by atoms with Gasteiger partial charge in [0.05, 0.1) is 0 Å². The molecule has 2 amide bonds. The van der Waals surface area contributed by atoms with E-state index in [4.69, 9.17) is 4.74 Å². The molecule has 0 aromatic heterocycles. The van der Waals surface area contributed by atoms with Crippen LogP contribution < -0.4 is 10.2 Å². The molecule has 7 nitrogen and oxygen atoms in total. The van der Waals surface area contributed by atoms with Crippen LogP contribution in [0.15, 0.2) is 24.3 Å². The third-order valence-corrected chi connectivity index (χ3v) is 5.87. The SMILES string of the molecule is Cc1cccc(N2CCN(CCCNC(=O)[C@@H]3CCCN3C(=O)OC(C)(C)C)CC2)c1. The average Bonchev–Trinajstić information content (AvgIpc) is 3.20. The minimum absolute atomic E-state index is 0.0624. The van der Waals surface area contributed by atoms with Crippen LogP contribution in [0.3, 0.4) is 0 Å². The van der Waals surface area contributed by atoms with E-state index in [0.717, 1.165) is 45.6 Å². The van der Waals surface area contributed by atoms with Crippen molar-refractivity contribution in [3.8, 4) is 0 Å². The van der Waals surface area contributed by atoms with Gasteiger partial charge < -0.3 is 15.0 Å². The van der Waals surface area contributed by atoms with Crippen LogP contribution in [0.2, 0.25) is 0 Å². The Hall–Kier alpha value is -2.28. The Morgan fingerprint density at radius 2 is 1.87 bits per heavy atom. The summed E-state index contributed by atoms with van der Waals surface area (Å²) in [6, 6.07) is 8.27. The molecule has 2 aliphatic rings. The summed E-state index contributed by atoms with van der Waals surface area (Å²) in [6.07, 6.45) is 2.06. The lowest BCUT2D eigenvalue weighted by atomic mass is 10.2. The molecule has 172 valence electrons. The lowest BCUT2D eigenvalue weighted by Gasteiger charge is -2.36. The fourth-order valence-corrected chi connectivity index (χ4v) is 4.26. The summed E-state index contributed by atoms with van der Waals surface area (Å²) in [5, 5.41) is 3.03. The molecular weight excluding hydrogens is 392 g/mol. The molecule has 0 bridgehead atoms. The molecule has 0 aliphatic carbocycles. The van der Waals surface area contributed by atoms with Crippen molar-refractivity contribution in [2.45, 2.75) is 58.6 Å². The lowest BCUT2D eigenvalue weighted by molar-refractivity contribution is -0.125. The number of piperazine rings is 1. The number of nitrogens with zero attached hydrogens (tertiary/aromatic N) is 3. The number of carbonyl (C=O) groups is 2. The predicted octanol–water partition coefficient (Wildman–Crippen LogP) is 3.02. The number of nitrogens with one attached hydrogen (secondary N) is 1. The standard InChI is InChI=1S/C24H38N4O3/c1-19-8-5-9-20(18-19)27-16-14-26(15-17-27)12-7-11-25-22(29)21-10-6-13-28(21)23(30)31-24(2,3)4/h5,8-9,18,21H,6-7,10-17H2,1-4H3,(H,25,29)/t21-/m0/s1. The number of anilines is 1. The number of ether oxygens (including phenoxy) is 1. The van der Waals surface area contributed by atoms with Crippen molar-refractivity contribution in [2.24, 2.45) is 0 Å². The third kappa shape index (κ3) is 6.86. The first-order chi connectivity index (χ1) is 14.7. The molecule has 0 unspecified atom stereocenters. The molecule has 2 saturated heterocycles. The molecular formula is C24H38N4O3. The molecule has 1 N–H and O–H groups in total. The smallest absolute Gasteiger partial charge is 0.410 e. The summed E-state index contributed by atoms with van der Waals surface area (Å²) in [5.74, 6) is -0.0624. The van der Waals surface area contributed by atoms with Gasteiger partial charge in [-0.05, 0) is 71.2 Å². The van der Waals surface area contributed by atoms with E-state index in [-0.39, 0.29) is 5.91 Å². The summed E-state index contributed by atoms with van der Waals surface area (Å²) in [5.41, 5.74) is 2.05. The van der Waals surface area contributed by atoms with Crippen molar-refractivity contribution in [3.63, 3.8) is 0 Å². The van der Waals surface area contributed by atoms with E-state index in [1.165, 1.54) is 11.3 Å². The van der Waals surface area contributed by atoms with Gasteiger partial charge in [-0.15, -0.1) is 0 Å². The molecule has 0 spiro atoms. The van der Waals surface area contributed by atoms with E-state index < -0.39 is 17.7 Å². The van der Waals surface area contributed by atoms with Gasteiger partial charge in [-0.25, -0.2) is 4.79 Å². The minimum Gasteiger partial charge on any atom is -0.444 e. The van der Waals surface area contributed by atoms with E-state index in [1.807, 2.05) is 20.8 Å². The third-order valence-electron chi connectivity index (χ3n) is 5.87. The number of likely N-dealkylation sites (tertiary alicyclic amines) is 1. The second-order valence-corrected chi connectivity index (χ2v) is 9.64. The fourth-order valence-electron chi connectivity index (χ4n) is 4.26. The van der Waals surface area contributed by atoms with Crippen LogP contribution in [-0.4, -0.2) is 79.3 Å². The van der Waals surface area contributed by atoms with Crippen LogP contribution in [0.4, 0.5) is 10.5 Å². The van der Waals surface area contributed by atoms with Crippen LogP contribution in [-0.2, 0) is 9.53 Å². The maximum Gasteiger partial charge on any atom is 0.410 e. The van der Waals surface area contributed by atoms with Gasteiger partial charge in [0.2, 0.25) is 5.91 Å². The first kappa shape index (κ1) is 23.4. The maximum absolute atomic E-state index is 12.6. The van der Waals surface area contributed by atoms with Gasteiger partial charge in [-0.3, -0.25) is 14.6 Å². The van der Waals surface area contributed by atoms with E-state index >= 15 is 0 Å². The average molecular weight is 431 g/mol. The topological polar surface area (TPSA) is 65.1 Å². The van der Waals surface area contributed by atoms with E-state index in [1.54, 1.807) is 4.90 Å². The Morgan fingerprint density at radius 3 is 2.55 bits per heavy atom. The van der Waals surface area contributed by atoms with Crippen molar-refractivity contribution in [1.82, 2.24) is 15.1 Å². The minimum atomic E-state index is -0.552. The highest BCUT2D eigenvalue weighted by molar-refractivity contribution is 5.86. The van der Waals surface area contributed by atoms with Gasteiger partial charge in [-0.1, -0.05) is 12.1 Å². The molecule has 2 aliphatic heterocycles. The number of rotatable bonds is 6. The van der Waals surface area contributed by atoms with Crippen LogP contribution in [0.25, 0.3) is 0 Å². The highest BCUT2D eigenvalue weighted by Crippen LogP contribution is 2.21. The molecule has 31 heavy (non-hydrogen) atoms. The predicted molar refractivity (Wildman–Crippen MR) is 123 cm³/mol. The van der Waals surface area contributed by atoms with Crippen LogP contribution >= 0.6 is 0 Å². The van der Waals surface area contributed by atoms with Gasteiger partial charge in [0.15, 0.2) is 0 Å². The zero-order valence-corrected chi connectivity index (χ0v) is 19.5. The second-order valence-electron chi connectivity index (χ2n) is 9.64. The summed E-state index contributed by atoms with van der Waals surface area (Å²) < 4.78 is 5.45. The normalized spacial score (nSPS) is 20.1. The molecule has 1 aromatic rings. The van der Waals surface area contributed by atoms with Crippen LogP contribution in [0, 0.1) is 6.92 Å². The van der Waals surface area contributed by atoms with Gasteiger partial charge in [-0.2, -0.15) is 0 Å². The van der Waals surface area contributed by atoms with E-state index in [2.05, 4.69) is 46.3 Å². The summed E-state index contributed by atoms with van der Waals surface area (Å²) in [4.78, 5) is 31.5. The quantitative estimate of drug-likeness (QED) is 0.703. The van der Waals surface area contributed by atoms with Crippen molar-refractivity contribution >= 4 is 17.7 Å². The molecule has 1 aromatic carbocycles. The highest BCUT2D eigenvalue weighted by Gasteiger charge is 2.36. The Balaban J connectivity index is 1.35. The second kappa shape index (κ2) is 10.4. The first-order valence-corrected chi connectivity index (χ1v) is 11.5. The summed E-state index contributed by atoms with van der Waals surface area (Å²) in [7, 11) is 0. The number of carbonyl (C=O) groups excluding carboxylic acids is 2. The molecule has 1 atom stereocenters. The number of hydrogen-bond acceptors (Lipinski definition) is 5. The van der Waals surface area contributed by atoms with Crippen molar-refractivity contribution in [3.05, 3.63) is 29.8 Å². The Kier molecular flexibility index (Phi) is 7.81. The zero-order valence-electron chi connectivity index (χ0n) is 19.5. The molecule has 0 radical (unpaired) electrons. The van der Waals surface area contributed by atoms with Gasteiger partial charge in [0.1, 0.15) is 11.6 Å². The van der Waals surface area contributed by atoms with Crippen LogP contribution in [0.5, 0.6) is 0 Å². The Labute approximate surface area is 186 Å². The maximum atomic E-state index is 12.6. The molecule has 2 heterocycles. The lowest BCUT2D eigenvalue weighted by Crippen LogP contribution is -2.48. The van der Waals surface area contributed by atoms with Gasteiger partial charge in [0, 0.05) is 45.0 Å². The van der Waals surface area contributed by atoms with E-state index in [0.29, 0.717) is 19.5 Å². The summed E-state index contributed by atoms with van der Waals surface area (Å²) in [6.45, 7) is 14.0. The monoisotopic (exact) mass is 430 g/mol. The van der Waals surface area contributed by atoms with Crippen LogP contribution in [0.1, 0.15) is 45.6 Å². The number of hydrogen-bond donors (Lipinski definition) is 1. The van der Waals surface area contributed by atoms with Gasteiger partial charge in [0.25, 0.3) is 0 Å². The fraction of sp³-hybridized carbons (Fsp3) is 0.667. The molecule has 2 fully saturated rings. The molecule has 3 rings (SSSR count). The first-order valence-electron chi connectivity index (χ1n) is 11.5. The Morgan fingerprint density at radius 1 is 1.13 bits per heavy atom. The van der Waals surface area contributed by atoms with Crippen molar-refractivity contribution in [2.75, 3.05) is 50.7 Å². The number of benzene rings is 1. The molecule has 0 saturated carbocycles. The highest BCUT2D eigenvalue weighted by atomic mass is 16.6. The molecule has 7 heteroatoms. The number of aryl methyl sites for hydroxylation is 1. The number of amides is 2. The van der Waals surface area contributed by atoms with Crippen molar-refractivity contribution in [1.29, 1.82) is 0 Å².